The molecule has 2 atom stereocenters. The van der Waals surface area contributed by atoms with Crippen LogP contribution in [0.3, 0.4) is 0 Å². The number of hydrogen-bond acceptors (Lipinski definition) is 7. The summed E-state index contributed by atoms with van der Waals surface area (Å²) in [5.41, 5.74) is 4.55. The summed E-state index contributed by atoms with van der Waals surface area (Å²) in [4.78, 5) is 11.6. The molecule has 2 aromatic rings. The third-order valence-corrected chi connectivity index (χ3v) is 7.61. The van der Waals surface area contributed by atoms with Crippen LogP contribution < -0.4 is 4.90 Å². The third kappa shape index (κ3) is 7.87. The Bertz CT molecular complexity index is 969. The zero-order valence-electron chi connectivity index (χ0n) is 23.7. The Labute approximate surface area is 222 Å². The maximum Gasteiger partial charge on any atom is 0.133 e. The summed E-state index contributed by atoms with van der Waals surface area (Å²) in [5, 5.41) is 13.7. The van der Waals surface area contributed by atoms with Crippen molar-refractivity contribution in [3.8, 4) is 0 Å². The van der Waals surface area contributed by atoms with Gasteiger partial charge in [-0.15, -0.1) is 5.10 Å². The minimum absolute atomic E-state index is 0.273. The average molecular weight is 515 g/mol. The van der Waals surface area contributed by atoms with Gasteiger partial charge in [0.2, 0.25) is 0 Å². The monoisotopic (exact) mass is 514 g/mol. The first-order valence-electron chi connectivity index (χ1n) is 13.3. The van der Waals surface area contributed by atoms with Crippen LogP contribution in [0.1, 0.15) is 95.4 Å². The van der Waals surface area contributed by atoms with Gasteiger partial charge in [0, 0.05) is 43.7 Å². The minimum Gasteiger partial charge on any atom is -0.311 e. The topological polar surface area (TPSA) is 74.8 Å². The van der Waals surface area contributed by atoms with Gasteiger partial charge in [0.15, 0.2) is 0 Å². The van der Waals surface area contributed by atoms with Gasteiger partial charge in [-0.1, -0.05) is 59.4 Å². The van der Waals surface area contributed by atoms with Crippen LogP contribution in [0.15, 0.2) is 22.6 Å². The lowest BCUT2D eigenvalue weighted by atomic mass is 10.0. The van der Waals surface area contributed by atoms with Crippen molar-refractivity contribution in [2.24, 2.45) is 17.3 Å². The Kier molecular flexibility index (Phi) is 12.6. The molecule has 2 unspecified atom stereocenters. The summed E-state index contributed by atoms with van der Waals surface area (Å²) >= 11 is 1.84. The first kappa shape index (κ1) is 30.0. The molecule has 2 heterocycles. The van der Waals surface area contributed by atoms with Crippen LogP contribution in [-0.4, -0.2) is 55.6 Å². The number of aryl methyl sites for hydroxylation is 3. The molecule has 0 radical (unpaired) electrons. The maximum atomic E-state index is 4.85. The Hall–Kier alpha value is -2.26. The van der Waals surface area contributed by atoms with Crippen LogP contribution >= 0.6 is 11.9 Å². The minimum atomic E-state index is 0.273. The number of amidine groups is 1. The van der Waals surface area contributed by atoms with Gasteiger partial charge in [0.05, 0.1) is 23.7 Å². The average Bonchev–Trinajstić information content (AvgIpc) is 3.18. The zero-order chi connectivity index (χ0) is 26.7. The van der Waals surface area contributed by atoms with Crippen LogP contribution in [-0.2, 0) is 19.9 Å². The molecule has 0 fully saturated rings. The summed E-state index contributed by atoms with van der Waals surface area (Å²) in [5.74, 6) is 2.14. The molecule has 0 amide bonds. The van der Waals surface area contributed by atoms with E-state index >= 15 is 0 Å². The highest BCUT2D eigenvalue weighted by molar-refractivity contribution is 7.97. The summed E-state index contributed by atoms with van der Waals surface area (Å²) < 4.78 is 4.32. The third-order valence-electron chi connectivity index (χ3n) is 6.48. The van der Waals surface area contributed by atoms with E-state index < -0.39 is 0 Å². The molecule has 2 aromatic heterocycles. The number of unbranched alkanes of at least 4 members (excludes halogenated alkanes) is 2. The number of nitrogens with zero attached hydrogens (tertiary/aromatic N) is 8. The first-order valence-corrected chi connectivity index (χ1v) is 14.2. The fourth-order valence-corrected chi connectivity index (χ4v) is 5.81. The molecule has 0 aliphatic carbocycles. The Morgan fingerprint density at radius 1 is 1.14 bits per heavy atom. The van der Waals surface area contributed by atoms with Crippen molar-refractivity contribution in [1.29, 1.82) is 0 Å². The van der Waals surface area contributed by atoms with E-state index in [2.05, 4.69) is 77.8 Å². The van der Waals surface area contributed by atoms with Crippen molar-refractivity contribution in [3.63, 3.8) is 0 Å². The molecule has 0 saturated heterocycles. The lowest BCUT2D eigenvalue weighted by Crippen LogP contribution is -2.39. The summed E-state index contributed by atoms with van der Waals surface area (Å²) in [6, 6.07) is 0. The van der Waals surface area contributed by atoms with Crippen molar-refractivity contribution in [1.82, 2.24) is 24.1 Å². The van der Waals surface area contributed by atoms with Gasteiger partial charge in [-0.25, -0.2) is 14.3 Å². The van der Waals surface area contributed by atoms with Crippen molar-refractivity contribution < 1.29 is 0 Å². The predicted molar refractivity (Wildman–Crippen MR) is 155 cm³/mol. The smallest absolute Gasteiger partial charge is 0.133 e. The molecule has 0 aromatic carbocycles. The van der Waals surface area contributed by atoms with Gasteiger partial charge >= 0.3 is 0 Å². The standard InChI is InChI=1S/C27H46N8S/c1-10-14-15-16-25(31-28-7)35(26-23(12-3)32-34(9)24(26)13-4)19-33(8)36-21(6)22(11-2)27-29-17-20(5)18-30-27/h17-18,21-22H,7,10-16,19H2,1-6,8-9H3/b31-25-. The van der Waals surface area contributed by atoms with Crippen LogP contribution in [0.25, 0.3) is 0 Å². The van der Waals surface area contributed by atoms with Gasteiger partial charge in [-0.05, 0) is 45.2 Å². The van der Waals surface area contributed by atoms with E-state index in [1.54, 1.807) is 0 Å². The molecular weight excluding hydrogens is 468 g/mol. The Morgan fingerprint density at radius 3 is 2.39 bits per heavy atom. The van der Waals surface area contributed by atoms with E-state index in [4.69, 9.17) is 5.10 Å². The van der Waals surface area contributed by atoms with Crippen molar-refractivity contribution in [2.45, 2.75) is 97.7 Å². The summed E-state index contributed by atoms with van der Waals surface area (Å²) in [7, 11) is 4.18. The molecule has 200 valence electrons. The van der Waals surface area contributed by atoms with E-state index in [-0.39, 0.29) is 5.92 Å². The molecule has 8 nitrogen and oxygen atoms in total. The molecule has 0 N–H and O–H groups in total. The maximum absolute atomic E-state index is 4.85. The van der Waals surface area contributed by atoms with Crippen molar-refractivity contribution >= 4 is 30.2 Å². The molecule has 0 aliphatic rings. The lowest BCUT2D eigenvalue weighted by molar-refractivity contribution is 0.550. The largest absolute Gasteiger partial charge is 0.311 e. The molecule has 0 aliphatic heterocycles. The summed E-state index contributed by atoms with van der Waals surface area (Å²) in [6.45, 7) is 17.4. The van der Waals surface area contributed by atoms with Gasteiger partial charge in [0.25, 0.3) is 0 Å². The van der Waals surface area contributed by atoms with Crippen LogP contribution in [0, 0.1) is 6.92 Å². The highest BCUT2D eigenvalue weighted by Crippen LogP contribution is 2.33. The highest BCUT2D eigenvalue weighted by Gasteiger charge is 2.27. The Morgan fingerprint density at radius 2 is 1.83 bits per heavy atom. The predicted octanol–water partition coefficient (Wildman–Crippen LogP) is 6.16. The fourth-order valence-electron chi connectivity index (χ4n) is 4.60. The second kappa shape index (κ2) is 15.1. The molecule has 0 spiro atoms. The van der Waals surface area contributed by atoms with Crippen LogP contribution in [0.4, 0.5) is 5.69 Å². The Balaban J connectivity index is 2.36. The number of aromatic nitrogens is 4. The van der Waals surface area contributed by atoms with Crippen LogP contribution in [0.5, 0.6) is 0 Å². The highest BCUT2D eigenvalue weighted by atomic mass is 32.2. The second-order valence-corrected chi connectivity index (χ2v) is 10.9. The SMILES string of the molecule is C=N/N=C(/CCCCC)N(CN(C)SC(C)C(CC)c1ncc(C)cn1)c1c(CC)nn(C)c1CC. The molecule has 9 heteroatoms. The van der Waals surface area contributed by atoms with E-state index in [0.717, 1.165) is 73.6 Å². The zero-order valence-corrected chi connectivity index (χ0v) is 24.5. The first-order chi connectivity index (χ1) is 17.3. The lowest BCUT2D eigenvalue weighted by Gasteiger charge is -2.33. The van der Waals surface area contributed by atoms with E-state index in [0.29, 0.717) is 11.9 Å². The molecule has 36 heavy (non-hydrogen) atoms. The number of anilines is 1. The normalized spacial score (nSPS) is 13.8. The molecule has 0 saturated carbocycles. The summed E-state index contributed by atoms with van der Waals surface area (Å²) in [6.07, 6.45) is 10.8. The molecule has 2 rings (SSSR count). The van der Waals surface area contributed by atoms with E-state index in [1.807, 2.05) is 43.0 Å². The van der Waals surface area contributed by atoms with Crippen molar-refractivity contribution in [2.75, 3.05) is 18.6 Å². The second-order valence-electron chi connectivity index (χ2n) is 9.33. The quantitative estimate of drug-likeness (QED) is 0.0707. The number of rotatable bonds is 15. The van der Waals surface area contributed by atoms with Crippen LogP contribution in [0.2, 0.25) is 0 Å². The van der Waals surface area contributed by atoms with E-state index in [1.165, 1.54) is 5.69 Å². The fraction of sp³-hybridized carbons (Fsp3) is 0.667. The van der Waals surface area contributed by atoms with Gasteiger partial charge in [-0.3, -0.25) is 4.68 Å². The molecular formula is C27H46N8S. The van der Waals surface area contributed by atoms with Gasteiger partial charge in [-0.2, -0.15) is 10.2 Å². The molecule has 0 bridgehead atoms. The number of hydrogen-bond donors (Lipinski definition) is 0. The van der Waals surface area contributed by atoms with Crippen molar-refractivity contribution in [3.05, 3.63) is 35.2 Å². The van der Waals surface area contributed by atoms with E-state index in [9.17, 15) is 0 Å². The van der Waals surface area contributed by atoms with Gasteiger partial charge < -0.3 is 4.90 Å². The van der Waals surface area contributed by atoms with Gasteiger partial charge in [0.1, 0.15) is 11.7 Å².